The second-order valence-corrected chi connectivity index (χ2v) is 12.4. The van der Waals surface area contributed by atoms with Gasteiger partial charge in [-0.2, -0.15) is 0 Å². The second-order valence-electron chi connectivity index (χ2n) is 12.4. The normalized spacial score (nSPS) is 45.7. The van der Waals surface area contributed by atoms with Crippen molar-refractivity contribution in [3.05, 3.63) is 0 Å². The van der Waals surface area contributed by atoms with Crippen molar-refractivity contribution in [2.24, 2.45) is 52.3 Å². The third kappa shape index (κ3) is 3.55. The third-order valence-corrected chi connectivity index (χ3v) is 10.5. The van der Waals surface area contributed by atoms with Gasteiger partial charge in [-0.05, 0) is 78.4 Å². The van der Waals surface area contributed by atoms with E-state index in [1.165, 1.54) is 44.9 Å². The molecule has 0 aliphatic heterocycles. The lowest BCUT2D eigenvalue weighted by Gasteiger charge is -2.59. The summed E-state index contributed by atoms with van der Waals surface area (Å²) in [5, 5.41) is 0. The smallest absolute Gasteiger partial charge is 0.136 e. The molecule has 2 nitrogen and oxygen atoms in total. The summed E-state index contributed by atoms with van der Waals surface area (Å²) in [6.45, 7) is 12.2. The van der Waals surface area contributed by atoms with Crippen molar-refractivity contribution < 1.29 is 9.59 Å². The van der Waals surface area contributed by atoms with Gasteiger partial charge in [0.15, 0.2) is 0 Å². The van der Waals surface area contributed by atoms with Gasteiger partial charge in [0, 0.05) is 25.2 Å². The van der Waals surface area contributed by atoms with Gasteiger partial charge in [-0.25, -0.2) is 0 Å². The molecule has 0 radical (unpaired) electrons. The molecule has 0 unspecified atom stereocenters. The molecule has 0 spiro atoms. The van der Waals surface area contributed by atoms with E-state index in [9.17, 15) is 9.59 Å². The monoisotopic (exact) mass is 400 g/mol. The molecular formula is C27H44O2. The van der Waals surface area contributed by atoms with E-state index in [-0.39, 0.29) is 11.3 Å². The fourth-order valence-electron chi connectivity index (χ4n) is 8.75. The van der Waals surface area contributed by atoms with Gasteiger partial charge in [0.05, 0.1) is 0 Å². The number of carbonyl (C=O) groups is 2. The average molecular weight is 401 g/mol. The molecule has 164 valence electrons. The number of rotatable bonds is 5. The Balaban J connectivity index is 1.52. The summed E-state index contributed by atoms with van der Waals surface area (Å²) in [5.41, 5.74) is 0.594. The molecule has 4 fully saturated rings. The van der Waals surface area contributed by atoms with E-state index in [1.807, 2.05) is 0 Å². The van der Waals surface area contributed by atoms with Crippen LogP contribution in [0.1, 0.15) is 105 Å². The zero-order valence-corrected chi connectivity index (χ0v) is 19.6. The van der Waals surface area contributed by atoms with Crippen LogP contribution in [0.25, 0.3) is 0 Å². The Labute approximate surface area is 179 Å². The number of carbonyl (C=O) groups excluding carboxylic acids is 2. The summed E-state index contributed by atoms with van der Waals surface area (Å²) in [5.74, 6) is 5.07. The molecule has 0 amide bonds. The van der Waals surface area contributed by atoms with Crippen LogP contribution in [0.5, 0.6) is 0 Å². The van der Waals surface area contributed by atoms with Gasteiger partial charge in [0.25, 0.3) is 0 Å². The Bertz CT molecular complexity index is 651. The number of Topliss-reactive ketones (excluding diaryl/α,β-unsaturated/α-hetero) is 2. The molecule has 4 aliphatic rings. The van der Waals surface area contributed by atoms with Crippen molar-refractivity contribution in [2.75, 3.05) is 0 Å². The first-order valence-corrected chi connectivity index (χ1v) is 12.7. The maximum atomic E-state index is 13.4. The highest BCUT2D eigenvalue weighted by Gasteiger charge is 2.62. The standard InChI is InChI=1S/C27H44O2/c1-17(2)7-6-8-18(3)21-9-10-22-25-23(12-14-27(21,22)5)26(4)13-11-20(28)15-19(26)16-24(25)29/h17-19,21-23,25H,6-16H2,1-5H3/t18-,19+,21-,22+,23+,25-,26-,27+/m0/s1. The van der Waals surface area contributed by atoms with Gasteiger partial charge in [-0.1, -0.05) is 53.9 Å². The fraction of sp³-hybridized carbons (Fsp3) is 0.926. The Kier molecular flexibility index (Phi) is 5.79. The van der Waals surface area contributed by atoms with Gasteiger partial charge in [-0.15, -0.1) is 0 Å². The second kappa shape index (κ2) is 7.79. The minimum absolute atomic E-state index is 0.231. The summed E-state index contributed by atoms with van der Waals surface area (Å²) < 4.78 is 0. The van der Waals surface area contributed by atoms with E-state index in [4.69, 9.17) is 0 Å². The van der Waals surface area contributed by atoms with Crippen LogP contribution in [-0.4, -0.2) is 11.6 Å². The summed E-state index contributed by atoms with van der Waals surface area (Å²) in [7, 11) is 0. The van der Waals surface area contributed by atoms with Crippen LogP contribution in [0.4, 0.5) is 0 Å². The van der Waals surface area contributed by atoms with Crippen molar-refractivity contribution in [3.63, 3.8) is 0 Å². The highest BCUT2D eigenvalue weighted by molar-refractivity contribution is 5.86. The van der Waals surface area contributed by atoms with Gasteiger partial charge >= 0.3 is 0 Å². The molecule has 4 saturated carbocycles. The summed E-state index contributed by atoms with van der Waals surface area (Å²) in [4.78, 5) is 25.5. The lowest BCUT2D eigenvalue weighted by Crippen LogP contribution is -2.57. The van der Waals surface area contributed by atoms with Crippen LogP contribution in [0.2, 0.25) is 0 Å². The molecule has 4 aliphatic carbocycles. The van der Waals surface area contributed by atoms with Crippen LogP contribution in [0.3, 0.4) is 0 Å². The molecule has 2 heteroatoms. The first-order valence-electron chi connectivity index (χ1n) is 12.7. The Morgan fingerprint density at radius 2 is 1.62 bits per heavy atom. The molecule has 0 saturated heterocycles. The highest BCUT2D eigenvalue weighted by atomic mass is 16.1. The molecule has 0 aromatic rings. The van der Waals surface area contributed by atoms with Crippen molar-refractivity contribution in [1.82, 2.24) is 0 Å². The van der Waals surface area contributed by atoms with Gasteiger partial charge in [0.1, 0.15) is 11.6 Å². The summed E-state index contributed by atoms with van der Waals surface area (Å²) >= 11 is 0. The maximum absolute atomic E-state index is 13.4. The highest BCUT2D eigenvalue weighted by Crippen LogP contribution is 2.67. The lowest BCUT2D eigenvalue weighted by molar-refractivity contribution is -0.159. The number of hydrogen-bond acceptors (Lipinski definition) is 2. The first-order chi connectivity index (χ1) is 13.7. The van der Waals surface area contributed by atoms with E-state index < -0.39 is 0 Å². The Morgan fingerprint density at radius 1 is 0.897 bits per heavy atom. The zero-order chi connectivity index (χ0) is 21.0. The van der Waals surface area contributed by atoms with Gasteiger partial charge in [-0.3, -0.25) is 9.59 Å². The van der Waals surface area contributed by atoms with Crippen LogP contribution in [0.15, 0.2) is 0 Å². The molecule has 0 aromatic carbocycles. The molecular weight excluding hydrogens is 356 g/mol. The van der Waals surface area contributed by atoms with Crippen LogP contribution >= 0.6 is 0 Å². The lowest BCUT2D eigenvalue weighted by atomic mass is 9.44. The van der Waals surface area contributed by atoms with Crippen molar-refractivity contribution in [3.8, 4) is 0 Å². The molecule has 0 N–H and O–H groups in total. The predicted octanol–water partition coefficient (Wildman–Crippen LogP) is 6.86. The quantitative estimate of drug-likeness (QED) is 0.505. The maximum Gasteiger partial charge on any atom is 0.136 e. The van der Waals surface area contributed by atoms with Crippen molar-refractivity contribution in [2.45, 2.75) is 105 Å². The molecule has 4 rings (SSSR count). The predicted molar refractivity (Wildman–Crippen MR) is 118 cm³/mol. The SMILES string of the molecule is CC(C)CCC[C@H](C)[C@@H]1CC[C@@H]2[C@@H]3C(=O)C[C@H]4CC(=O)CC[C@]4(C)[C@@H]3CC[C@@]21C. The largest absolute Gasteiger partial charge is 0.300 e. The molecule has 0 heterocycles. The van der Waals surface area contributed by atoms with E-state index >= 15 is 0 Å². The third-order valence-electron chi connectivity index (χ3n) is 10.5. The number of hydrogen-bond donors (Lipinski definition) is 0. The number of ketones is 2. The molecule has 0 bridgehead atoms. The zero-order valence-electron chi connectivity index (χ0n) is 19.6. The van der Waals surface area contributed by atoms with Crippen LogP contribution in [-0.2, 0) is 9.59 Å². The van der Waals surface area contributed by atoms with E-state index in [2.05, 4.69) is 34.6 Å². The summed E-state index contributed by atoms with van der Waals surface area (Å²) in [6, 6.07) is 0. The number of fused-ring (bicyclic) bond motifs is 5. The minimum atomic E-state index is 0.231. The first kappa shape index (κ1) is 21.6. The Morgan fingerprint density at radius 3 is 2.34 bits per heavy atom. The van der Waals surface area contributed by atoms with Crippen molar-refractivity contribution >= 4 is 11.6 Å². The van der Waals surface area contributed by atoms with E-state index in [1.54, 1.807) is 0 Å². The minimum Gasteiger partial charge on any atom is -0.300 e. The molecule has 8 atom stereocenters. The Hall–Kier alpha value is -0.660. The van der Waals surface area contributed by atoms with Crippen LogP contribution < -0.4 is 0 Å². The van der Waals surface area contributed by atoms with E-state index in [0.29, 0.717) is 47.6 Å². The molecule has 0 aromatic heterocycles. The van der Waals surface area contributed by atoms with Crippen LogP contribution in [0, 0.1) is 52.3 Å². The van der Waals surface area contributed by atoms with Gasteiger partial charge < -0.3 is 0 Å². The fourth-order valence-corrected chi connectivity index (χ4v) is 8.75. The molecule has 29 heavy (non-hydrogen) atoms. The topological polar surface area (TPSA) is 34.1 Å². The average Bonchev–Trinajstić information content (AvgIpc) is 3.00. The van der Waals surface area contributed by atoms with E-state index in [0.717, 1.165) is 30.6 Å². The van der Waals surface area contributed by atoms with Crippen molar-refractivity contribution in [1.29, 1.82) is 0 Å². The van der Waals surface area contributed by atoms with Gasteiger partial charge in [0.2, 0.25) is 0 Å². The summed E-state index contributed by atoms with van der Waals surface area (Å²) in [6.07, 6.45) is 12.3.